The minimum Gasteiger partial charge on any atom is -0.276 e. The number of halogens is 2. The number of aromatic nitrogens is 1. The van der Waals surface area contributed by atoms with Crippen molar-refractivity contribution in [1.82, 2.24) is 4.98 Å². The van der Waals surface area contributed by atoms with Crippen molar-refractivity contribution in [1.29, 1.82) is 0 Å². The molecule has 0 saturated heterocycles. The maximum Gasteiger partial charge on any atom is 0.262 e. The summed E-state index contributed by atoms with van der Waals surface area (Å²) < 4.78 is 26.4. The van der Waals surface area contributed by atoms with Crippen LogP contribution >= 0.6 is 23.2 Å². The molecule has 2 aromatic rings. The molecule has 0 spiro atoms. The summed E-state index contributed by atoms with van der Waals surface area (Å²) in [5.41, 5.74) is 0.221. The molecule has 0 bridgehead atoms. The second-order valence-electron chi connectivity index (χ2n) is 3.40. The average Bonchev–Trinajstić information content (AvgIpc) is 2.32. The van der Waals surface area contributed by atoms with Crippen LogP contribution in [-0.2, 0) is 10.0 Å². The minimum atomic E-state index is -3.72. The summed E-state index contributed by atoms with van der Waals surface area (Å²) in [6.07, 6.45) is 1.47. The summed E-state index contributed by atoms with van der Waals surface area (Å²) in [4.78, 5) is 3.85. The van der Waals surface area contributed by atoms with Crippen molar-refractivity contribution in [3.05, 3.63) is 52.8 Å². The summed E-state index contributed by atoms with van der Waals surface area (Å²) in [7, 11) is -3.72. The van der Waals surface area contributed by atoms with E-state index >= 15 is 0 Å². The van der Waals surface area contributed by atoms with Crippen LogP contribution in [0.25, 0.3) is 0 Å². The topological polar surface area (TPSA) is 59.1 Å². The third kappa shape index (κ3) is 2.93. The lowest BCUT2D eigenvalue weighted by molar-refractivity contribution is 0.601. The molecule has 1 aromatic carbocycles. The zero-order valence-corrected chi connectivity index (χ0v) is 11.3. The Bertz CT molecular complexity index is 674. The van der Waals surface area contributed by atoms with Gasteiger partial charge in [-0.1, -0.05) is 29.3 Å². The summed E-state index contributed by atoms with van der Waals surface area (Å²) in [6, 6.07) is 9.06. The molecule has 18 heavy (non-hydrogen) atoms. The van der Waals surface area contributed by atoms with Gasteiger partial charge in [-0.05, 0) is 30.3 Å². The summed E-state index contributed by atoms with van der Waals surface area (Å²) in [5.74, 6) is 0. The number of nitrogens with zero attached hydrogens (tertiary/aromatic N) is 1. The normalized spacial score (nSPS) is 11.2. The van der Waals surface area contributed by atoms with Crippen LogP contribution in [0.1, 0.15) is 0 Å². The van der Waals surface area contributed by atoms with E-state index in [1.54, 1.807) is 18.2 Å². The van der Waals surface area contributed by atoms with Gasteiger partial charge in [0.25, 0.3) is 10.0 Å². The van der Waals surface area contributed by atoms with Gasteiger partial charge in [0.05, 0.1) is 10.6 Å². The molecule has 0 atom stereocenters. The van der Waals surface area contributed by atoms with Crippen molar-refractivity contribution in [2.45, 2.75) is 4.90 Å². The van der Waals surface area contributed by atoms with Gasteiger partial charge in [0, 0.05) is 11.2 Å². The molecule has 7 heteroatoms. The van der Waals surface area contributed by atoms with Crippen LogP contribution in [-0.4, -0.2) is 13.4 Å². The molecule has 0 aliphatic carbocycles. The summed E-state index contributed by atoms with van der Waals surface area (Å²) >= 11 is 11.5. The fraction of sp³-hybridized carbons (Fsp3) is 0. The molecule has 0 fully saturated rings. The number of hydrogen-bond acceptors (Lipinski definition) is 3. The Morgan fingerprint density at radius 3 is 2.56 bits per heavy atom. The Balaban J connectivity index is 2.37. The second-order valence-corrected chi connectivity index (χ2v) is 5.88. The number of nitrogens with one attached hydrogen (secondary N) is 1. The van der Waals surface area contributed by atoms with Crippen LogP contribution in [0.5, 0.6) is 0 Å². The first-order valence-corrected chi connectivity index (χ1v) is 7.12. The third-order valence-electron chi connectivity index (χ3n) is 2.11. The third-order valence-corrected chi connectivity index (χ3v) is 4.01. The minimum absolute atomic E-state index is 0.0647. The lowest BCUT2D eigenvalue weighted by atomic mass is 10.4. The highest BCUT2D eigenvalue weighted by Gasteiger charge is 2.16. The van der Waals surface area contributed by atoms with E-state index in [0.29, 0.717) is 5.02 Å². The Morgan fingerprint density at radius 2 is 1.89 bits per heavy atom. The first kappa shape index (κ1) is 13.1. The molecule has 0 saturated carbocycles. The van der Waals surface area contributed by atoms with Gasteiger partial charge in [-0.3, -0.25) is 4.72 Å². The molecule has 1 N–H and O–H groups in total. The smallest absolute Gasteiger partial charge is 0.262 e. The Labute approximate surface area is 115 Å². The molecular formula is C11H8Cl2N2O2S. The molecule has 0 unspecified atom stereocenters. The molecule has 0 radical (unpaired) electrons. The van der Waals surface area contributed by atoms with Crippen LogP contribution < -0.4 is 4.72 Å². The van der Waals surface area contributed by atoms with E-state index in [0.717, 1.165) is 0 Å². The molecule has 0 aliphatic rings. The van der Waals surface area contributed by atoms with Crippen LogP contribution in [0, 0.1) is 0 Å². The van der Waals surface area contributed by atoms with Crippen molar-refractivity contribution in [3.8, 4) is 0 Å². The van der Waals surface area contributed by atoms with E-state index < -0.39 is 10.0 Å². The number of hydrogen-bond donors (Lipinski definition) is 1. The molecule has 94 valence electrons. The standard InChI is InChI=1S/C11H8Cl2N2O2S/c12-8-3-1-4-9(7-8)18(16,17)15-10-5-2-6-14-11(10)13/h1-7,15H. The zero-order chi connectivity index (χ0) is 13.2. The summed E-state index contributed by atoms with van der Waals surface area (Å²) in [6.45, 7) is 0. The number of pyridine rings is 1. The van der Waals surface area contributed by atoms with E-state index in [9.17, 15) is 8.42 Å². The second kappa shape index (κ2) is 5.14. The molecule has 0 amide bonds. The maximum absolute atomic E-state index is 12.0. The molecule has 4 nitrogen and oxygen atoms in total. The van der Waals surface area contributed by atoms with Gasteiger partial charge in [0.15, 0.2) is 5.15 Å². The lowest BCUT2D eigenvalue weighted by Crippen LogP contribution is -2.13. The molecule has 1 aromatic heterocycles. The van der Waals surface area contributed by atoms with E-state index in [1.165, 1.54) is 24.4 Å². The lowest BCUT2D eigenvalue weighted by Gasteiger charge is -2.08. The van der Waals surface area contributed by atoms with Gasteiger partial charge in [-0.15, -0.1) is 0 Å². The van der Waals surface area contributed by atoms with Crippen LogP contribution in [0.3, 0.4) is 0 Å². The predicted molar refractivity (Wildman–Crippen MR) is 71.5 cm³/mol. The Morgan fingerprint density at radius 1 is 1.11 bits per heavy atom. The van der Waals surface area contributed by atoms with Gasteiger partial charge in [-0.2, -0.15) is 0 Å². The van der Waals surface area contributed by atoms with Crippen LogP contribution in [0.4, 0.5) is 5.69 Å². The van der Waals surface area contributed by atoms with Gasteiger partial charge in [0.1, 0.15) is 0 Å². The van der Waals surface area contributed by atoms with Crippen molar-refractivity contribution in [2.24, 2.45) is 0 Å². The highest BCUT2D eigenvalue weighted by molar-refractivity contribution is 7.92. The van der Waals surface area contributed by atoms with Crippen molar-refractivity contribution < 1.29 is 8.42 Å². The highest BCUT2D eigenvalue weighted by Crippen LogP contribution is 2.23. The quantitative estimate of drug-likeness (QED) is 0.886. The molecular weight excluding hydrogens is 295 g/mol. The van der Waals surface area contributed by atoms with Crippen molar-refractivity contribution in [2.75, 3.05) is 4.72 Å². The van der Waals surface area contributed by atoms with Crippen molar-refractivity contribution in [3.63, 3.8) is 0 Å². The zero-order valence-electron chi connectivity index (χ0n) is 8.97. The first-order chi connectivity index (χ1) is 8.49. The van der Waals surface area contributed by atoms with Gasteiger partial charge in [0.2, 0.25) is 0 Å². The largest absolute Gasteiger partial charge is 0.276 e. The van der Waals surface area contributed by atoms with Gasteiger partial charge < -0.3 is 0 Å². The molecule has 1 heterocycles. The molecule has 2 rings (SSSR count). The van der Waals surface area contributed by atoms with Gasteiger partial charge in [-0.25, -0.2) is 13.4 Å². The Hall–Kier alpha value is -1.30. The average molecular weight is 303 g/mol. The maximum atomic E-state index is 12.0. The number of rotatable bonds is 3. The Kier molecular flexibility index (Phi) is 3.75. The number of benzene rings is 1. The monoisotopic (exact) mass is 302 g/mol. The van der Waals surface area contributed by atoms with Crippen LogP contribution in [0.2, 0.25) is 10.2 Å². The fourth-order valence-corrected chi connectivity index (χ4v) is 2.89. The van der Waals surface area contributed by atoms with Crippen molar-refractivity contribution >= 4 is 38.9 Å². The predicted octanol–water partition coefficient (Wildman–Crippen LogP) is 3.19. The molecule has 0 aliphatic heterocycles. The SMILES string of the molecule is O=S(=O)(Nc1cccnc1Cl)c1cccc(Cl)c1. The summed E-state index contributed by atoms with van der Waals surface area (Å²) in [5, 5.41) is 0.429. The number of sulfonamides is 1. The van der Waals surface area contributed by atoms with E-state index in [-0.39, 0.29) is 15.7 Å². The highest BCUT2D eigenvalue weighted by atomic mass is 35.5. The van der Waals surface area contributed by atoms with E-state index in [4.69, 9.17) is 23.2 Å². The van der Waals surface area contributed by atoms with E-state index in [1.807, 2.05) is 0 Å². The van der Waals surface area contributed by atoms with Crippen LogP contribution in [0.15, 0.2) is 47.5 Å². The van der Waals surface area contributed by atoms with E-state index in [2.05, 4.69) is 9.71 Å². The number of anilines is 1. The van der Waals surface area contributed by atoms with Gasteiger partial charge >= 0.3 is 0 Å². The first-order valence-electron chi connectivity index (χ1n) is 4.88. The fourth-order valence-electron chi connectivity index (χ4n) is 1.30.